The predicted octanol–water partition coefficient (Wildman–Crippen LogP) is 3.36. The molecule has 2 saturated heterocycles. The van der Waals surface area contributed by atoms with Gasteiger partial charge in [-0.1, -0.05) is 47.1 Å². The minimum atomic E-state index is -1.25. The molecule has 0 unspecified atom stereocenters. The van der Waals surface area contributed by atoms with Crippen molar-refractivity contribution in [1.29, 1.82) is 0 Å². The zero-order valence-corrected chi connectivity index (χ0v) is 18.6. The Balaban J connectivity index is 1.68. The molecule has 1 spiro atoms. The number of fused-ring (bicyclic) bond motifs is 4. The summed E-state index contributed by atoms with van der Waals surface area (Å²) < 4.78 is 0.861. The summed E-state index contributed by atoms with van der Waals surface area (Å²) in [6, 6.07) is 14.3. The first kappa shape index (κ1) is 20.2. The van der Waals surface area contributed by atoms with Crippen molar-refractivity contribution in [2.45, 2.75) is 24.9 Å². The molecule has 1 N–H and O–H groups in total. The molecule has 0 radical (unpaired) electrons. The van der Waals surface area contributed by atoms with E-state index in [1.54, 1.807) is 35.2 Å². The van der Waals surface area contributed by atoms with Crippen molar-refractivity contribution in [3.63, 3.8) is 0 Å². The number of carbonyl (C=O) groups excluding carboxylic acids is 3. The number of carbonyl (C=O) groups is 3. The van der Waals surface area contributed by atoms with E-state index in [1.807, 2.05) is 31.2 Å². The van der Waals surface area contributed by atoms with Gasteiger partial charge in [-0.2, -0.15) is 0 Å². The standard InChI is InChI=1S/C24H22BrN3O3/c1-3-13-27-18-8-6-5-7-16(18)24(23(27)31)20-19(17(4-2)26-24)21(29)28(22(20)30)15-11-9-14(25)10-12-15/h3,5-12,17,19-20,26H,1,4,13H2,2H3/t17-,19-,20-,24+/m1/s1. The topological polar surface area (TPSA) is 69.7 Å². The zero-order valence-electron chi connectivity index (χ0n) is 17.0. The number of nitrogens with one attached hydrogen (secondary N) is 1. The molecular weight excluding hydrogens is 458 g/mol. The molecule has 2 aromatic carbocycles. The van der Waals surface area contributed by atoms with Gasteiger partial charge in [0.05, 0.1) is 17.5 Å². The molecule has 5 rings (SSSR count). The lowest BCUT2D eigenvalue weighted by atomic mass is 9.76. The van der Waals surface area contributed by atoms with Gasteiger partial charge in [-0.25, -0.2) is 4.90 Å². The van der Waals surface area contributed by atoms with Crippen LogP contribution < -0.4 is 15.1 Å². The van der Waals surface area contributed by atoms with Crippen LogP contribution in [0.4, 0.5) is 11.4 Å². The number of rotatable bonds is 4. The van der Waals surface area contributed by atoms with Crippen LogP contribution in [-0.4, -0.2) is 30.3 Å². The van der Waals surface area contributed by atoms with Crippen LogP contribution in [0.2, 0.25) is 0 Å². The van der Waals surface area contributed by atoms with Crippen LogP contribution >= 0.6 is 15.9 Å². The van der Waals surface area contributed by atoms with E-state index in [9.17, 15) is 14.4 Å². The summed E-state index contributed by atoms with van der Waals surface area (Å²) in [4.78, 5) is 44.1. The normalized spacial score (nSPS) is 29.1. The van der Waals surface area contributed by atoms with Gasteiger partial charge in [0.2, 0.25) is 11.8 Å². The maximum Gasteiger partial charge on any atom is 0.253 e. The third-order valence-electron chi connectivity index (χ3n) is 6.70. The Kier molecular flexibility index (Phi) is 4.64. The van der Waals surface area contributed by atoms with Crippen molar-refractivity contribution < 1.29 is 14.4 Å². The van der Waals surface area contributed by atoms with Gasteiger partial charge >= 0.3 is 0 Å². The number of nitrogens with zero attached hydrogens (tertiary/aromatic N) is 2. The van der Waals surface area contributed by atoms with Crippen LogP contribution in [0, 0.1) is 11.8 Å². The summed E-state index contributed by atoms with van der Waals surface area (Å²) >= 11 is 3.39. The largest absolute Gasteiger partial charge is 0.306 e. The highest BCUT2D eigenvalue weighted by atomic mass is 79.9. The van der Waals surface area contributed by atoms with Crippen LogP contribution in [0.1, 0.15) is 18.9 Å². The Morgan fingerprint density at radius 2 is 1.81 bits per heavy atom. The summed E-state index contributed by atoms with van der Waals surface area (Å²) in [5, 5.41) is 3.45. The minimum absolute atomic E-state index is 0.196. The van der Waals surface area contributed by atoms with Crippen molar-refractivity contribution in [2.75, 3.05) is 16.3 Å². The third kappa shape index (κ3) is 2.56. The van der Waals surface area contributed by atoms with Gasteiger partial charge in [0.25, 0.3) is 5.91 Å². The zero-order chi connectivity index (χ0) is 21.9. The second kappa shape index (κ2) is 7.14. The first-order valence-electron chi connectivity index (χ1n) is 10.4. The molecule has 158 valence electrons. The average Bonchev–Trinajstić information content (AvgIpc) is 3.34. The molecule has 2 aromatic rings. The van der Waals surface area contributed by atoms with Crippen LogP contribution in [-0.2, 0) is 19.9 Å². The van der Waals surface area contributed by atoms with E-state index in [-0.39, 0.29) is 23.8 Å². The first-order valence-corrected chi connectivity index (χ1v) is 11.2. The number of anilines is 2. The molecule has 3 amide bonds. The van der Waals surface area contributed by atoms with E-state index >= 15 is 0 Å². The maximum atomic E-state index is 13.8. The molecule has 3 aliphatic rings. The van der Waals surface area contributed by atoms with E-state index < -0.39 is 17.4 Å². The quantitative estimate of drug-likeness (QED) is 0.539. The summed E-state index contributed by atoms with van der Waals surface area (Å²) in [5.74, 6) is -2.16. The van der Waals surface area contributed by atoms with Gasteiger partial charge in [-0.3, -0.25) is 19.7 Å². The minimum Gasteiger partial charge on any atom is -0.306 e. The summed E-state index contributed by atoms with van der Waals surface area (Å²) in [7, 11) is 0. The average molecular weight is 480 g/mol. The number of amides is 3. The molecule has 2 fully saturated rings. The van der Waals surface area contributed by atoms with Crippen LogP contribution in [0.25, 0.3) is 0 Å². The number of hydrogen-bond acceptors (Lipinski definition) is 4. The van der Waals surface area contributed by atoms with Gasteiger partial charge in [0.1, 0.15) is 5.54 Å². The van der Waals surface area contributed by atoms with E-state index in [1.165, 1.54) is 4.90 Å². The number of para-hydroxylation sites is 1. The molecule has 0 saturated carbocycles. The van der Waals surface area contributed by atoms with Gasteiger partial charge in [-0.15, -0.1) is 6.58 Å². The third-order valence-corrected chi connectivity index (χ3v) is 7.23. The smallest absolute Gasteiger partial charge is 0.253 e. The van der Waals surface area contributed by atoms with Crippen molar-refractivity contribution in [2.24, 2.45) is 11.8 Å². The molecule has 7 heteroatoms. The number of halogens is 1. The molecule has 3 heterocycles. The molecule has 3 aliphatic heterocycles. The maximum absolute atomic E-state index is 13.8. The molecule has 6 nitrogen and oxygen atoms in total. The number of benzene rings is 2. The second-order valence-electron chi connectivity index (χ2n) is 8.18. The summed E-state index contributed by atoms with van der Waals surface area (Å²) in [5.41, 5.74) is 0.797. The lowest BCUT2D eigenvalue weighted by molar-refractivity contribution is -0.132. The van der Waals surface area contributed by atoms with Crippen LogP contribution in [0.5, 0.6) is 0 Å². The van der Waals surface area contributed by atoms with Crippen molar-refractivity contribution in [3.05, 3.63) is 71.2 Å². The van der Waals surface area contributed by atoms with E-state index in [0.717, 1.165) is 15.7 Å². The molecule has 0 bridgehead atoms. The van der Waals surface area contributed by atoms with Gasteiger partial charge in [0.15, 0.2) is 0 Å². The van der Waals surface area contributed by atoms with Gasteiger partial charge in [-0.05, 0) is 36.8 Å². The fourth-order valence-electron chi connectivity index (χ4n) is 5.45. The Morgan fingerprint density at radius 3 is 2.48 bits per heavy atom. The fourth-order valence-corrected chi connectivity index (χ4v) is 5.72. The molecular formula is C24H22BrN3O3. The highest BCUT2D eigenvalue weighted by molar-refractivity contribution is 9.10. The molecule has 4 atom stereocenters. The SMILES string of the molecule is C=CCN1C(=O)[C@]2(N[C@H](CC)[C@H]3C(=O)N(c4ccc(Br)cc4)C(=O)[C@@H]32)c2ccccc21. The predicted molar refractivity (Wildman–Crippen MR) is 121 cm³/mol. The van der Waals surface area contributed by atoms with Gasteiger partial charge in [0, 0.05) is 28.3 Å². The second-order valence-corrected chi connectivity index (χ2v) is 9.10. The van der Waals surface area contributed by atoms with Crippen molar-refractivity contribution >= 4 is 45.0 Å². The highest BCUT2D eigenvalue weighted by Gasteiger charge is 2.71. The Labute approximate surface area is 189 Å². The number of hydrogen-bond donors (Lipinski definition) is 1. The number of imide groups is 1. The molecule has 0 aromatic heterocycles. The van der Waals surface area contributed by atoms with E-state index in [0.29, 0.717) is 18.7 Å². The van der Waals surface area contributed by atoms with Crippen molar-refractivity contribution in [1.82, 2.24) is 5.32 Å². The van der Waals surface area contributed by atoms with E-state index in [4.69, 9.17) is 0 Å². The Hall–Kier alpha value is -2.77. The lowest BCUT2D eigenvalue weighted by Crippen LogP contribution is -2.55. The molecule has 0 aliphatic carbocycles. The monoisotopic (exact) mass is 479 g/mol. The Morgan fingerprint density at radius 1 is 1.10 bits per heavy atom. The Bertz CT molecular complexity index is 1120. The first-order chi connectivity index (χ1) is 15.0. The van der Waals surface area contributed by atoms with Crippen LogP contribution in [0.3, 0.4) is 0 Å². The summed E-state index contributed by atoms with van der Waals surface area (Å²) in [6.45, 7) is 6.09. The summed E-state index contributed by atoms with van der Waals surface area (Å²) in [6.07, 6.45) is 2.31. The van der Waals surface area contributed by atoms with Gasteiger partial charge < -0.3 is 4.90 Å². The van der Waals surface area contributed by atoms with Crippen molar-refractivity contribution in [3.8, 4) is 0 Å². The van der Waals surface area contributed by atoms with Crippen LogP contribution in [0.15, 0.2) is 65.7 Å². The van der Waals surface area contributed by atoms with E-state index in [2.05, 4.69) is 27.8 Å². The lowest BCUT2D eigenvalue weighted by Gasteiger charge is -2.30. The highest BCUT2D eigenvalue weighted by Crippen LogP contribution is 2.55. The fraction of sp³-hybridized carbons (Fsp3) is 0.292. The molecule has 31 heavy (non-hydrogen) atoms.